The van der Waals surface area contributed by atoms with E-state index < -0.39 is 27.7 Å². The van der Waals surface area contributed by atoms with E-state index in [1.165, 1.54) is 32.5 Å². The first-order valence-electron chi connectivity index (χ1n) is 12.7. The van der Waals surface area contributed by atoms with Crippen LogP contribution in [0.1, 0.15) is 34.8 Å². The Bertz CT molecular complexity index is 1640. The number of anilines is 1. The monoisotopic (exact) mass is 570 g/mol. The molecule has 1 aromatic carbocycles. The van der Waals surface area contributed by atoms with Crippen LogP contribution in [0.25, 0.3) is 11.0 Å². The average molecular weight is 571 g/mol. The van der Waals surface area contributed by atoms with E-state index in [9.17, 15) is 24.8 Å². The first-order chi connectivity index (χ1) is 19.7. The van der Waals surface area contributed by atoms with Crippen LogP contribution in [0.3, 0.4) is 0 Å². The number of nitro groups is 1. The van der Waals surface area contributed by atoms with Crippen molar-refractivity contribution in [3.8, 4) is 11.5 Å². The standard InChI is InChI=1S/C26H27FN6O8/c1-39-20-6-3-13(21(33(37)38)23(20)40-2)12-41-30-19-11-31(9-14(19)8-28)25-18(27)7-16-22(34)17(26(35)36)10-32(15-4-5-15)24(16)29-25/h3,6-7,10,14-15H,4-5,8-9,11-12,28H2,1-2H3,(H,35,36)/b30-19+. The summed E-state index contributed by atoms with van der Waals surface area (Å²) in [7, 11) is 2.66. The van der Waals surface area contributed by atoms with Crippen LogP contribution < -0.4 is 25.5 Å². The molecule has 15 heteroatoms. The van der Waals surface area contributed by atoms with Crippen molar-refractivity contribution in [2.75, 3.05) is 38.8 Å². The smallest absolute Gasteiger partial charge is 0.341 e. The number of carboxylic acids is 1. The number of halogens is 1. The highest BCUT2D eigenvalue weighted by Crippen LogP contribution is 2.40. The molecule has 1 saturated heterocycles. The molecule has 3 heterocycles. The third kappa shape index (κ3) is 5.11. The summed E-state index contributed by atoms with van der Waals surface area (Å²) in [4.78, 5) is 47.0. The Morgan fingerprint density at radius 3 is 2.68 bits per heavy atom. The van der Waals surface area contributed by atoms with Crippen LogP contribution in [-0.4, -0.2) is 65.1 Å². The first kappa shape index (κ1) is 27.8. The predicted octanol–water partition coefficient (Wildman–Crippen LogP) is 2.46. The van der Waals surface area contributed by atoms with Crippen LogP contribution in [0.4, 0.5) is 15.9 Å². The van der Waals surface area contributed by atoms with Crippen molar-refractivity contribution < 1.29 is 33.5 Å². The lowest BCUT2D eigenvalue weighted by molar-refractivity contribution is -0.386. The van der Waals surface area contributed by atoms with Crippen LogP contribution in [0.2, 0.25) is 0 Å². The lowest BCUT2D eigenvalue weighted by Gasteiger charge is -2.19. The third-order valence-electron chi connectivity index (χ3n) is 7.15. The summed E-state index contributed by atoms with van der Waals surface area (Å²) in [5.41, 5.74) is 5.28. The summed E-state index contributed by atoms with van der Waals surface area (Å²) in [6.45, 7) is 0.274. The van der Waals surface area contributed by atoms with E-state index >= 15 is 4.39 Å². The molecule has 14 nitrogen and oxygen atoms in total. The molecule has 2 aromatic heterocycles. The number of carbonyl (C=O) groups is 1. The molecular formula is C26H27FN6O8. The number of nitro benzene ring substituents is 1. The number of aromatic nitrogens is 2. The van der Waals surface area contributed by atoms with E-state index in [-0.39, 0.29) is 77.8 Å². The predicted molar refractivity (Wildman–Crippen MR) is 144 cm³/mol. The summed E-state index contributed by atoms with van der Waals surface area (Å²) in [5, 5.41) is 25.2. The SMILES string of the molecule is COc1ccc(CO/N=C2\CN(c3nc4c(cc3F)c(=O)c(C(=O)O)cn4C3CC3)CC2CN)c([N+](=O)[O-])c1OC. The largest absolute Gasteiger partial charge is 0.493 e. The number of pyridine rings is 2. The van der Waals surface area contributed by atoms with E-state index in [1.54, 1.807) is 9.47 Å². The highest BCUT2D eigenvalue weighted by Gasteiger charge is 2.33. The highest BCUT2D eigenvalue weighted by molar-refractivity contribution is 5.95. The number of hydrogen-bond acceptors (Lipinski definition) is 11. The second-order valence-electron chi connectivity index (χ2n) is 9.72. The summed E-state index contributed by atoms with van der Waals surface area (Å²) >= 11 is 0. The van der Waals surface area contributed by atoms with Crippen molar-refractivity contribution in [1.29, 1.82) is 0 Å². The number of carboxylic acid groups (broad SMARTS) is 1. The maximum absolute atomic E-state index is 15.3. The minimum atomic E-state index is -1.39. The van der Waals surface area contributed by atoms with Gasteiger partial charge in [-0.1, -0.05) is 5.16 Å². The minimum absolute atomic E-state index is 0.0245. The summed E-state index contributed by atoms with van der Waals surface area (Å²) < 4.78 is 27.2. The van der Waals surface area contributed by atoms with Crippen LogP contribution in [0.15, 0.2) is 34.3 Å². The number of methoxy groups -OCH3 is 2. The molecule has 2 fully saturated rings. The molecule has 1 unspecified atom stereocenters. The Labute approximate surface area is 231 Å². The van der Waals surface area contributed by atoms with Crippen LogP contribution in [-0.2, 0) is 11.4 Å². The average Bonchev–Trinajstić information content (AvgIpc) is 3.71. The van der Waals surface area contributed by atoms with Gasteiger partial charge in [0.15, 0.2) is 17.4 Å². The number of rotatable bonds is 10. The van der Waals surface area contributed by atoms with Crippen molar-refractivity contribution in [3.63, 3.8) is 0 Å². The summed E-state index contributed by atoms with van der Waals surface area (Å²) in [6, 6.07) is 3.99. The van der Waals surface area contributed by atoms with Gasteiger partial charge in [-0.3, -0.25) is 14.9 Å². The van der Waals surface area contributed by atoms with Gasteiger partial charge in [-0.25, -0.2) is 14.2 Å². The van der Waals surface area contributed by atoms with Crippen molar-refractivity contribution in [3.05, 3.63) is 61.7 Å². The molecule has 0 spiro atoms. The summed E-state index contributed by atoms with van der Waals surface area (Å²) in [5.74, 6) is -2.39. The van der Waals surface area contributed by atoms with Gasteiger partial charge in [-0.2, -0.15) is 0 Å². The van der Waals surface area contributed by atoms with Crippen molar-refractivity contribution >= 4 is 34.2 Å². The quantitative estimate of drug-likeness (QED) is 0.269. The van der Waals surface area contributed by atoms with Gasteiger partial charge in [0.1, 0.15) is 17.8 Å². The number of oxime groups is 1. The van der Waals surface area contributed by atoms with E-state index in [0.29, 0.717) is 5.71 Å². The highest BCUT2D eigenvalue weighted by atomic mass is 19.1. The van der Waals surface area contributed by atoms with E-state index in [1.807, 2.05) is 0 Å². The molecule has 1 aliphatic heterocycles. The first-order valence-corrected chi connectivity index (χ1v) is 12.7. The number of nitrogens with two attached hydrogens (primary N) is 1. The van der Waals surface area contributed by atoms with Crippen molar-refractivity contribution in [2.45, 2.75) is 25.5 Å². The second-order valence-corrected chi connectivity index (χ2v) is 9.72. The number of nitrogens with zero attached hydrogens (tertiary/aromatic N) is 5. The molecule has 3 aromatic rings. The molecule has 1 atom stereocenters. The topological polar surface area (TPSA) is 185 Å². The maximum atomic E-state index is 15.3. The van der Waals surface area contributed by atoms with Gasteiger partial charge in [0, 0.05) is 31.2 Å². The van der Waals surface area contributed by atoms with E-state index in [2.05, 4.69) is 10.1 Å². The zero-order chi connectivity index (χ0) is 29.4. The molecule has 5 rings (SSSR count). The van der Waals surface area contributed by atoms with E-state index in [4.69, 9.17) is 20.0 Å². The zero-order valence-corrected chi connectivity index (χ0v) is 22.2. The third-order valence-corrected chi connectivity index (χ3v) is 7.15. The molecule has 0 amide bonds. The van der Waals surface area contributed by atoms with Gasteiger partial charge >= 0.3 is 11.7 Å². The molecular weight excluding hydrogens is 543 g/mol. The molecule has 1 saturated carbocycles. The van der Waals surface area contributed by atoms with Crippen LogP contribution >= 0.6 is 0 Å². The lowest BCUT2D eigenvalue weighted by Crippen LogP contribution is -2.26. The van der Waals surface area contributed by atoms with Crippen LogP contribution in [0, 0.1) is 21.8 Å². The number of aromatic carboxylic acids is 1. The maximum Gasteiger partial charge on any atom is 0.341 e. The summed E-state index contributed by atoms with van der Waals surface area (Å²) in [6.07, 6.45) is 2.84. The number of fused-ring (bicyclic) bond motifs is 1. The van der Waals surface area contributed by atoms with Crippen LogP contribution in [0.5, 0.6) is 11.5 Å². The Kier molecular flexibility index (Phi) is 7.45. The lowest BCUT2D eigenvalue weighted by atomic mass is 10.1. The molecule has 3 N–H and O–H groups in total. The number of benzene rings is 1. The number of ether oxygens (including phenoxy) is 2. The van der Waals surface area contributed by atoms with Gasteiger partial charge < -0.3 is 34.6 Å². The number of hydrogen-bond donors (Lipinski definition) is 2. The molecule has 216 valence electrons. The van der Waals surface area contributed by atoms with E-state index in [0.717, 1.165) is 18.9 Å². The fourth-order valence-electron chi connectivity index (χ4n) is 4.93. The normalized spacial score (nSPS) is 17.7. The van der Waals surface area contributed by atoms with Crippen molar-refractivity contribution in [1.82, 2.24) is 9.55 Å². The van der Waals surface area contributed by atoms with Gasteiger partial charge in [0.05, 0.1) is 42.3 Å². The van der Waals surface area contributed by atoms with Crippen molar-refractivity contribution in [2.24, 2.45) is 16.8 Å². The molecule has 0 radical (unpaired) electrons. The minimum Gasteiger partial charge on any atom is -0.493 e. The molecule has 1 aliphatic carbocycles. The Balaban J connectivity index is 1.43. The molecule has 2 aliphatic rings. The second kappa shape index (κ2) is 11.0. The zero-order valence-electron chi connectivity index (χ0n) is 22.2. The fourth-order valence-corrected chi connectivity index (χ4v) is 4.93. The Morgan fingerprint density at radius 2 is 2.07 bits per heavy atom. The van der Waals surface area contributed by atoms with Gasteiger partial charge in [0.2, 0.25) is 11.2 Å². The fraction of sp³-hybridized carbons (Fsp3) is 0.385. The Morgan fingerprint density at radius 1 is 1.32 bits per heavy atom. The van der Waals surface area contributed by atoms with Gasteiger partial charge in [-0.05, 0) is 31.0 Å². The molecule has 41 heavy (non-hydrogen) atoms. The Hall–Kier alpha value is -4.79. The van der Waals surface area contributed by atoms with Gasteiger partial charge in [-0.15, -0.1) is 0 Å². The molecule has 0 bridgehead atoms. The van der Waals surface area contributed by atoms with Gasteiger partial charge in [0.25, 0.3) is 0 Å².